The van der Waals surface area contributed by atoms with E-state index in [9.17, 15) is 9.18 Å². The third kappa shape index (κ3) is 5.22. The van der Waals surface area contributed by atoms with E-state index in [4.69, 9.17) is 18.9 Å². The van der Waals surface area contributed by atoms with Crippen molar-refractivity contribution in [3.05, 3.63) is 82.7 Å². The lowest BCUT2D eigenvalue weighted by molar-refractivity contribution is 0.121. The minimum Gasteiger partial charge on any atom is -0.493 e. The summed E-state index contributed by atoms with van der Waals surface area (Å²) >= 11 is 0. The molecule has 36 heavy (non-hydrogen) atoms. The number of nitrogens with one attached hydrogen (secondary N) is 2. The Labute approximate surface area is 209 Å². The summed E-state index contributed by atoms with van der Waals surface area (Å²) in [5, 5.41) is 6.09. The Kier molecular flexibility index (Phi) is 7.33. The maximum atomic E-state index is 13.5. The second-order valence-electron chi connectivity index (χ2n) is 8.39. The minimum absolute atomic E-state index is 0.380. The molecule has 1 heterocycles. The number of carbonyl (C=O) groups excluding carboxylic acids is 1. The number of hydrogen-bond donors (Lipinski definition) is 2. The van der Waals surface area contributed by atoms with Gasteiger partial charge in [-0.15, -0.1) is 0 Å². The fourth-order valence-electron chi connectivity index (χ4n) is 3.98. The van der Waals surface area contributed by atoms with Crippen molar-refractivity contribution >= 4 is 23.2 Å². The van der Waals surface area contributed by atoms with Gasteiger partial charge in [-0.05, 0) is 73.9 Å². The van der Waals surface area contributed by atoms with Crippen molar-refractivity contribution in [3.8, 4) is 17.2 Å². The first-order valence-electron chi connectivity index (χ1n) is 11.5. The first kappa shape index (κ1) is 24.9. The Hall–Kier alpha value is -4.20. The maximum absolute atomic E-state index is 13.5. The SMILES string of the molecule is COc1cc2c(cc1OC)C(Oc1ccc(NC(=O)OC(C)c3cccc(F)c3)c(C)c1C)=CCN2. The van der Waals surface area contributed by atoms with Crippen LogP contribution in [0.3, 0.4) is 0 Å². The molecule has 2 N–H and O–H groups in total. The maximum Gasteiger partial charge on any atom is 0.412 e. The number of halogens is 1. The number of methoxy groups -OCH3 is 2. The summed E-state index contributed by atoms with van der Waals surface area (Å²) in [6, 6.07) is 13.3. The van der Waals surface area contributed by atoms with Gasteiger partial charge in [0.25, 0.3) is 0 Å². The number of ether oxygens (including phenoxy) is 4. The zero-order valence-corrected chi connectivity index (χ0v) is 20.9. The predicted molar refractivity (Wildman–Crippen MR) is 137 cm³/mol. The smallest absolute Gasteiger partial charge is 0.412 e. The average Bonchev–Trinajstić information content (AvgIpc) is 2.87. The summed E-state index contributed by atoms with van der Waals surface area (Å²) < 4.78 is 36.1. The highest BCUT2D eigenvalue weighted by molar-refractivity contribution is 5.86. The van der Waals surface area contributed by atoms with Crippen molar-refractivity contribution in [3.63, 3.8) is 0 Å². The van der Waals surface area contributed by atoms with E-state index in [-0.39, 0.29) is 5.82 Å². The monoisotopic (exact) mass is 492 g/mol. The quantitative estimate of drug-likeness (QED) is 0.386. The second kappa shape index (κ2) is 10.6. The summed E-state index contributed by atoms with van der Waals surface area (Å²) in [6.45, 7) is 6.11. The van der Waals surface area contributed by atoms with Crippen LogP contribution in [0.15, 0.2) is 54.6 Å². The third-order valence-corrected chi connectivity index (χ3v) is 6.17. The average molecular weight is 493 g/mol. The zero-order valence-electron chi connectivity index (χ0n) is 20.9. The van der Waals surface area contributed by atoms with Crippen molar-refractivity contribution in [1.29, 1.82) is 0 Å². The molecule has 1 aliphatic heterocycles. The minimum atomic E-state index is -0.626. The number of carbonyl (C=O) groups is 1. The van der Waals surface area contributed by atoms with E-state index in [1.54, 1.807) is 45.4 Å². The third-order valence-electron chi connectivity index (χ3n) is 6.17. The molecule has 0 aromatic heterocycles. The molecule has 0 bridgehead atoms. The second-order valence-corrected chi connectivity index (χ2v) is 8.39. The number of rotatable bonds is 7. The van der Waals surface area contributed by atoms with Crippen molar-refractivity contribution in [2.75, 3.05) is 31.4 Å². The number of amides is 1. The Morgan fingerprint density at radius 2 is 1.75 bits per heavy atom. The molecule has 0 saturated heterocycles. The molecule has 1 atom stereocenters. The Morgan fingerprint density at radius 1 is 1.00 bits per heavy atom. The Morgan fingerprint density at radius 3 is 2.47 bits per heavy atom. The van der Waals surface area contributed by atoms with Crippen LogP contribution in [-0.2, 0) is 4.74 Å². The first-order chi connectivity index (χ1) is 17.3. The molecule has 4 rings (SSSR count). The lowest BCUT2D eigenvalue weighted by Crippen LogP contribution is -2.17. The molecule has 3 aromatic carbocycles. The fraction of sp³-hybridized carbons (Fsp3) is 0.250. The summed E-state index contributed by atoms with van der Waals surface area (Å²) in [5.74, 6) is 2.21. The number of hydrogen-bond acceptors (Lipinski definition) is 6. The van der Waals surface area contributed by atoms with E-state index < -0.39 is 12.2 Å². The lowest BCUT2D eigenvalue weighted by atomic mass is 10.0. The molecule has 1 amide bonds. The number of fused-ring (bicyclic) bond motifs is 1. The molecular weight excluding hydrogens is 463 g/mol. The first-order valence-corrected chi connectivity index (χ1v) is 11.5. The van der Waals surface area contributed by atoms with Gasteiger partial charge in [-0.25, -0.2) is 9.18 Å². The van der Waals surface area contributed by atoms with Gasteiger partial charge in [-0.3, -0.25) is 5.32 Å². The van der Waals surface area contributed by atoms with Crippen LogP contribution in [0.2, 0.25) is 0 Å². The van der Waals surface area contributed by atoms with Crippen LogP contribution in [0, 0.1) is 19.7 Å². The Balaban J connectivity index is 1.49. The number of benzene rings is 3. The van der Waals surface area contributed by atoms with E-state index in [1.165, 1.54) is 12.1 Å². The topological polar surface area (TPSA) is 78.0 Å². The number of anilines is 2. The standard InChI is InChI=1S/C28H29FN2O5/c1-16-17(2)24(36-25-11-12-30-23-15-27(34-5)26(33-4)14-21(23)25)10-9-22(16)31-28(32)35-18(3)19-7-6-8-20(29)13-19/h6-11,13-15,18,30H,12H2,1-5H3,(H,31,32). The van der Waals surface area contributed by atoms with E-state index in [0.29, 0.717) is 40.8 Å². The van der Waals surface area contributed by atoms with Gasteiger partial charge in [-0.2, -0.15) is 0 Å². The highest BCUT2D eigenvalue weighted by Gasteiger charge is 2.20. The molecule has 8 heteroatoms. The van der Waals surface area contributed by atoms with Crippen molar-refractivity contribution in [1.82, 2.24) is 0 Å². The van der Waals surface area contributed by atoms with Gasteiger partial charge in [0.05, 0.1) is 14.2 Å². The zero-order chi connectivity index (χ0) is 25.8. The summed E-state index contributed by atoms with van der Waals surface area (Å²) in [5.41, 5.74) is 4.62. The molecular formula is C28H29FN2O5. The molecule has 7 nitrogen and oxygen atoms in total. The molecule has 1 unspecified atom stereocenters. The van der Waals surface area contributed by atoms with Crippen molar-refractivity contribution < 1.29 is 28.1 Å². The van der Waals surface area contributed by atoms with Crippen LogP contribution in [-0.4, -0.2) is 26.9 Å². The van der Waals surface area contributed by atoms with Crippen LogP contribution >= 0.6 is 0 Å². The molecule has 3 aromatic rings. The van der Waals surface area contributed by atoms with Gasteiger partial charge >= 0.3 is 6.09 Å². The van der Waals surface area contributed by atoms with E-state index in [0.717, 1.165) is 22.4 Å². The summed E-state index contributed by atoms with van der Waals surface area (Å²) in [7, 11) is 3.19. The largest absolute Gasteiger partial charge is 0.493 e. The van der Waals surface area contributed by atoms with Crippen LogP contribution in [0.1, 0.15) is 35.3 Å². The highest BCUT2D eigenvalue weighted by atomic mass is 19.1. The highest BCUT2D eigenvalue weighted by Crippen LogP contribution is 2.40. The van der Waals surface area contributed by atoms with Gasteiger partial charge in [0, 0.05) is 29.5 Å². The van der Waals surface area contributed by atoms with Crippen LogP contribution in [0.4, 0.5) is 20.6 Å². The van der Waals surface area contributed by atoms with E-state index in [2.05, 4.69) is 10.6 Å². The van der Waals surface area contributed by atoms with Crippen LogP contribution in [0.25, 0.3) is 5.76 Å². The van der Waals surface area contributed by atoms with Crippen molar-refractivity contribution in [2.45, 2.75) is 26.9 Å². The van der Waals surface area contributed by atoms with Crippen LogP contribution in [0.5, 0.6) is 17.2 Å². The fourth-order valence-corrected chi connectivity index (χ4v) is 3.98. The molecule has 188 valence electrons. The van der Waals surface area contributed by atoms with Crippen LogP contribution < -0.4 is 24.8 Å². The molecule has 0 fully saturated rings. The van der Waals surface area contributed by atoms with Gasteiger partial charge in [0.2, 0.25) is 0 Å². The van der Waals surface area contributed by atoms with Crippen molar-refractivity contribution in [2.24, 2.45) is 0 Å². The molecule has 0 radical (unpaired) electrons. The lowest BCUT2D eigenvalue weighted by Gasteiger charge is -2.23. The van der Waals surface area contributed by atoms with Gasteiger partial charge in [-0.1, -0.05) is 12.1 Å². The van der Waals surface area contributed by atoms with E-state index >= 15 is 0 Å². The molecule has 1 aliphatic rings. The van der Waals surface area contributed by atoms with Gasteiger partial charge in [0.15, 0.2) is 11.5 Å². The normalized spacial score (nSPS) is 13.0. The molecule has 0 aliphatic carbocycles. The van der Waals surface area contributed by atoms with E-state index in [1.807, 2.05) is 32.1 Å². The molecule has 0 saturated carbocycles. The predicted octanol–water partition coefficient (Wildman–Crippen LogP) is 6.61. The van der Waals surface area contributed by atoms with Gasteiger partial charge < -0.3 is 24.3 Å². The molecule has 0 spiro atoms. The summed E-state index contributed by atoms with van der Waals surface area (Å²) in [4.78, 5) is 12.5. The Bertz CT molecular complexity index is 1320. The van der Waals surface area contributed by atoms with Gasteiger partial charge in [0.1, 0.15) is 23.4 Å². The summed E-state index contributed by atoms with van der Waals surface area (Å²) in [6.07, 6.45) is 0.728.